The molecule has 3 heteroatoms. The van der Waals surface area contributed by atoms with Crippen molar-refractivity contribution in [1.82, 2.24) is 0 Å². The largest absolute Gasteiger partial charge is 0.508 e. The lowest BCUT2D eigenvalue weighted by Gasteiger charge is -2.07. The van der Waals surface area contributed by atoms with Crippen molar-refractivity contribution in [3.05, 3.63) is 24.0 Å². The summed E-state index contributed by atoms with van der Waals surface area (Å²) >= 11 is 0. The van der Waals surface area contributed by atoms with Gasteiger partial charge in [-0.1, -0.05) is 51.9 Å². The molecule has 1 aromatic carbocycles. The minimum absolute atomic E-state index is 0.0723. The first-order valence-electron chi connectivity index (χ1n) is 7.35. The molecule has 0 radical (unpaired) electrons. The van der Waals surface area contributed by atoms with E-state index in [2.05, 4.69) is 6.92 Å². The van der Waals surface area contributed by atoms with Crippen molar-refractivity contribution in [1.29, 1.82) is 0 Å². The van der Waals surface area contributed by atoms with Crippen LogP contribution in [0.3, 0.4) is 0 Å². The monoisotopic (exact) mass is 268 g/mol. The highest BCUT2D eigenvalue weighted by molar-refractivity contribution is 5.31. The Morgan fingerprint density at radius 2 is 1.63 bits per heavy atom. The number of aromatic hydroxyl groups is 1. The van der Waals surface area contributed by atoms with Crippen LogP contribution >= 0.6 is 0 Å². The maximum absolute atomic E-state index is 13.3. The summed E-state index contributed by atoms with van der Waals surface area (Å²) in [4.78, 5) is 0. The highest BCUT2D eigenvalue weighted by Crippen LogP contribution is 2.21. The van der Waals surface area contributed by atoms with Crippen LogP contribution in [-0.4, -0.2) is 11.7 Å². The summed E-state index contributed by atoms with van der Waals surface area (Å²) in [5.41, 5.74) is 0. The Labute approximate surface area is 115 Å². The van der Waals surface area contributed by atoms with Crippen LogP contribution in [0.1, 0.15) is 58.3 Å². The van der Waals surface area contributed by atoms with Gasteiger partial charge < -0.3 is 9.84 Å². The quantitative estimate of drug-likeness (QED) is 0.602. The normalized spacial score (nSPS) is 10.6. The van der Waals surface area contributed by atoms with Crippen LogP contribution in [0.15, 0.2) is 18.2 Å². The van der Waals surface area contributed by atoms with Gasteiger partial charge in [0, 0.05) is 6.07 Å². The van der Waals surface area contributed by atoms with Crippen LogP contribution in [0, 0.1) is 5.82 Å². The molecule has 108 valence electrons. The van der Waals surface area contributed by atoms with Gasteiger partial charge in [0.05, 0.1) is 6.61 Å². The van der Waals surface area contributed by atoms with E-state index in [9.17, 15) is 4.39 Å². The summed E-state index contributed by atoms with van der Waals surface area (Å²) in [6.45, 7) is 2.76. The summed E-state index contributed by atoms with van der Waals surface area (Å²) < 4.78 is 18.7. The van der Waals surface area contributed by atoms with E-state index in [0.717, 1.165) is 18.9 Å². The molecule has 0 heterocycles. The number of rotatable bonds is 10. The van der Waals surface area contributed by atoms with Crippen molar-refractivity contribution >= 4 is 0 Å². The van der Waals surface area contributed by atoms with Crippen molar-refractivity contribution in [3.8, 4) is 11.5 Å². The molecule has 0 spiro atoms. The minimum Gasteiger partial charge on any atom is -0.508 e. The lowest BCUT2D eigenvalue weighted by Crippen LogP contribution is -1.99. The summed E-state index contributed by atoms with van der Waals surface area (Å²) in [5, 5.41) is 9.07. The van der Waals surface area contributed by atoms with Gasteiger partial charge in [-0.25, -0.2) is 4.39 Å². The van der Waals surface area contributed by atoms with Crippen molar-refractivity contribution in [2.24, 2.45) is 0 Å². The predicted molar refractivity (Wildman–Crippen MR) is 76.2 cm³/mol. The predicted octanol–water partition coefficient (Wildman–Crippen LogP) is 5.05. The fourth-order valence-corrected chi connectivity index (χ4v) is 2.02. The molecule has 0 bridgehead atoms. The fraction of sp³-hybridized carbons (Fsp3) is 0.625. The number of phenols is 1. The van der Waals surface area contributed by atoms with Crippen molar-refractivity contribution in [3.63, 3.8) is 0 Å². The Morgan fingerprint density at radius 3 is 2.26 bits per heavy atom. The van der Waals surface area contributed by atoms with Gasteiger partial charge in [-0.2, -0.15) is 0 Å². The summed E-state index contributed by atoms with van der Waals surface area (Å²) in [7, 11) is 0. The molecule has 0 saturated carbocycles. The second-order valence-electron chi connectivity index (χ2n) is 4.94. The maximum Gasteiger partial charge on any atom is 0.168 e. The molecule has 0 aliphatic carbocycles. The standard InChI is InChI=1S/C16H25FO2/c1-2-3-4-5-6-7-8-9-12-19-16-11-10-14(18)13-15(16)17/h10-11,13,18H,2-9,12H2,1H3. The van der Waals surface area contributed by atoms with Crippen molar-refractivity contribution < 1.29 is 14.2 Å². The molecule has 0 fully saturated rings. The average Bonchev–Trinajstić information content (AvgIpc) is 2.39. The van der Waals surface area contributed by atoms with Crippen LogP contribution in [0.5, 0.6) is 11.5 Å². The molecule has 1 aromatic rings. The summed E-state index contributed by atoms with van der Waals surface area (Å²) in [6, 6.07) is 3.98. The number of unbranched alkanes of at least 4 members (excludes halogenated alkanes) is 7. The van der Waals surface area contributed by atoms with Gasteiger partial charge in [-0.05, 0) is 18.6 Å². The molecule has 0 atom stereocenters. The highest BCUT2D eigenvalue weighted by Gasteiger charge is 2.03. The van der Waals surface area contributed by atoms with Crippen molar-refractivity contribution in [2.75, 3.05) is 6.61 Å². The number of halogens is 1. The number of benzene rings is 1. The molecule has 0 saturated heterocycles. The van der Waals surface area contributed by atoms with E-state index >= 15 is 0 Å². The van der Waals surface area contributed by atoms with Gasteiger partial charge in [-0.3, -0.25) is 0 Å². The van der Waals surface area contributed by atoms with Crippen LogP contribution in [0.4, 0.5) is 4.39 Å². The van der Waals surface area contributed by atoms with Crippen LogP contribution in [0.2, 0.25) is 0 Å². The molecule has 1 N–H and O–H groups in total. The maximum atomic E-state index is 13.3. The Hall–Kier alpha value is -1.25. The third-order valence-electron chi connectivity index (χ3n) is 3.17. The first-order chi connectivity index (χ1) is 9.24. The molecule has 0 aromatic heterocycles. The van der Waals surface area contributed by atoms with E-state index in [-0.39, 0.29) is 11.5 Å². The molecule has 2 nitrogen and oxygen atoms in total. The smallest absolute Gasteiger partial charge is 0.168 e. The lowest BCUT2D eigenvalue weighted by atomic mass is 10.1. The van der Waals surface area contributed by atoms with Crippen molar-refractivity contribution in [2.45, 2.75) is 58.3 Å². The lowest BCUT2D eigenvalue weighted by molar-refractivity contribution is 0.289. The average molecular weight is 268 g/mol. The second kappa shape index (κ2) is 9.65. The first-order valence-corrected chi connectivity index (χ1v) is 7.35. The number of phenolic OH excluding ortho intramolecular Hbond substituents is 1. The Balaban J connectivity index is 2.01. The molecule has 0 aliphatic heterocycles. The van der Waals surface area contributed by atoms with E-state index < -0.39 is 5.82 Å². The van der Waals surface area contributed by atoms with Crippen LogP contribution < -0.4 is 4.74 Å². The zero-order valence-electron chi connectivity index (χ0n) is 11.8. The number of hydrogen-bond acceptors (Lipinski definition) is 2. The fourth-order valence-electron chi connectivity index (χ4n) is 2.02. The highest BCUT2D eigenvalue weighted by atomic mass is 19.1. The third kappa shape index (κ3) is 7.04. The van der Waals surface area contributed by atoms with E-state index in [1.165, 1.54) is 50.7 Å². The molecular formula is C16H25FO2. The Bertz CT molecular complexity index is 353. The minimum atomic E-state index is -0.500. The van der Waals surface area contributed by atoms with Gasteiger partial charge in [0.15, 0.2) is 11.6 Å². The molecule has 19 heavy (non-hydrogen) atoms. The van der Waals surface area contributed by atoms with Gasteiger partial charge in [-0.15, -0.1) is 0 Å². The Morgan fingerprint density at radius 1 is 1.00 bits per heavy atom. The molecule has 1 rings (SSSR count). The molecule has 0 unspecified atom stereocenters. The van der Waals surface area contributed by atoms with Gasteiger partial charge in [0.2, 0.25) is 0 Å². The first kappa shape index (κ1) is 15.8. The van der Waals surface area contributed by atoms with Crippen LogP contribution in [0.25, 0.3) is 0 Å². The van der Waals surface area contributed by atoms with E-state index in [1.807, 2.05) is 0 Å². The Kier molecular flexibility index (Phi) is 8.03. The van der Waals surface area contributed by atoms with Crippen LogP contribution in [-0.2, 0) is 0 Å². The topological polar surface area (TPSA) is 29.5 Å². The zero-order chi connectivity index (χ0) is 13.9. The zero-order valence-corrected chi connectivity index (χ0v) is 11.8. The van der Waals surface area contributed by atoms with E-state index in [0.29, 0.717) is 6.61 Å². The SMILES string of the molecule is CCCCCCCCCCOc1ccc(O)cc1F. The summed E-state index contributed by atoms with van der Waals surface area (Å²) in [6.07, 6.45) is 9.88. The molecule has 0 aliphatic rings. The molecular weight excluding hydrogens is 243 g/mol. The number of ether oxygens (including phenoxy) is 1. The third-order valence-corrected chi connectivity index (χ3v) is 3.17. The van der Waals surface area contributed by atoms with E-state index in [4.69, 9.17) is 9.84 Å². The van der Waals surface area contributed by atoms with Gasteiger partial charge >= 0.3 is 0 Å². The van der Waals surface area contributed by atoms with E-state index in [1.54, 1.807) is 0 Å². The van der Waals surface area contributed by atoms with Gasteiger partial charge in [0.1, 0.15) is 5.75 Å². The molecule has 0 amide bonds. The summed E-state index contributed by atoms with van der Waals surface area (Å²) in [5.74, 6) is -0.350. The second-order valence-corrected chi connectivity index (χ2v) is 4.94. The van der Waals surface area contributed by atoms with Gasteiger partial charge in [0.25, 0.3) is 0 Å². The number of hydrogen-bond donors (Lipinski definition) is 1.